The van der Waals surface area contributed by atoms with Crippen LogP contribution in [0.15, 0.2) is 12.2 Å². The number of rotatable bonds is 2. The summed E-state index contributed by atoms with van der Waals surface area (Å²) in [6.45, 7) is 5.97. The van der Waals surface area contributed by atoms with Crippen molar-refractivity contribution in [3.8, 4) is 0 Å². The molecule has 2 fully saturated rings. The van der Waals surface area contributed by atoms with Crippen molar-refractivity contribution in [2.24, 2.45) is 23.5 Å². The first-order valence-electron chi connectivity index (χ1n) is 4.63. The summed E-state index contributed by atoms with van der Waals surface area (Å²) >= 11 is 0. The van der Waals surface area contributed by atoms with Crippen molar-refractivity contribution < 1.29 is 0 Å². The van der Waals surface area contributed by atoms with Crippen molar-refractivity contribution in [2.45, 2.75) is 32.2 Å². The Morgan fingerprint density at radius 3 is 2.45 bits per heavy atom. The van der Waals surface area contributed by atoms with Gasteiger partial charge in [-0.15, -0.1) is 0 Å². The zero-order chi connectivity index (χ0) is 8.01. The van der Waals surface area contributed by atoms with Gasteiger partial charge in [0.15, 0.2) is 0 Å². The molecular weight excluding hydrogens is 134 g/mol. The van der Waals surface area contributed by atoms with Gasteiger partial charge in [-0.05, 0) is 37.5 Å². The lowest BCUT2D eigenvalue weighted by Gasteiger charge is -2.12. The molecule has 3 unspecified atom stereocenters. The van der Waals surface area contributed by atoms with E-state index in [1.165, 1.54) is 24.8 Å². The molecule has 0 spiro atoms. The van der Waals surface area contributed by atoms with Crippen LogP contribution in [0.2, 0.25) is 0 Å². The van der Waals surface area contributed by atoms with Crippen LogP contribution in [0.5, 0.6) is 0 Å². The van der Waals surface area contributed by atoms with E-state index < -0.39 is 0 Å². The highest BCUT2D eigenvalue weighted by Crippen LogP contribution is 2.59. The molecule has 0 radical (unpaired) electrons. The van der Waals surface area contributed by atoms with Gasteiger partial charge < -0.3 is 5.73 Å². The van der Waals surface area contributed by atoms with Gasteiger partial charge in [0.05, 0.1) is 0 Å². The van der Waals surface area contributed by atoms with E-state index in [0.717, 1.165) is 17.8 Å². The van der Waals surface area contributed by atoms with E-state index in [0.29, 0.717) is 6.04 Å². The van der Waals surface area contributed by atoms with Gasteiger partial charge in [-0.2, -0.15) is 0 Å². The summed E-state index contributed by atoms with van der Waals surface area (Å²) in [5, 5.41) is 0. The standard InChI is InChI=1S/C10H17N/c1-6(2)10(11)9-7-4-3-5-8(7)9/h7-10H,1,3-5,11H2,2H3. The minimum absolute atomic E-state index is 0.297. The maximum atomic E-state index is 6.01. The van der Waals surface area contributed by atoms with Crippen LogP contribution in [0.3, 0.4) is 0 Å². The molecule has 0 saturated heterocycles. The molecule has 2 saturated carbocycles. The molecule has 3 atom stereocenters. The highest BCUT2D eigenvalue weighted by atomic mass is 14.7. The van der Waals surface area contributed by atoms with E-state index >= 15 is 0 Å². The molecule has 0 aliphatic heterocycles. The van der Waals surface area contributed by atoms with Gasteiger partial charge in [-0.3, -0.25) is 0 Å². The third-order valence-electron chi connectivity index (χ3n) is 3.46. The van der Waals surface area contributed by atoms with Crippen LogP contribution < -0.4 is 5.73 Å². The quantitative estimate of drug-likeness (QED) is 0.600. The lowest BCUT2D eigenvalue weighted by molar-refractivity contribution is 0.528. The minimum atomic E-state index is 0.297. The summed E-state index contributed by atoms with van der Waals surface area (Å²) in [7, 11) is 0. The molecule has 2 aliphatic carbocycles. The Labute approximate surface area is 68.7 Å². The highest BCUT2D eigenvalue weighted by Gasteiger charge is 2.54. The molecule has 0 amide bonds. The molecular formula is C10H17N. The van der Waals surface area contributed by atoms with Gasteiger partial charge in [0, 0.05) is 6.04 Å². The molecule has 2 N–H and O–H groups in total. The second kappa shape index (κ2) is 2.34. The van der Waals surface area contributed by atoms with Crippen LogP contribution in [0.1, 0.15) is 26.2 Å². The first-order chi connectivity index (χ1) is 5.22. The SMILES string of the molecule is C=C(C)C(N)C1C2CCCC21. The Hall–Kier alpha value is -0.300. The third-order valence-corrected chi connectivity index (χ3v) is 3.46. The van der Waals surface area contributed by atoms with Gasteiger partial charge in [0.1, 0.15) is 0 Å². The van der Waals surface area contributed by atoms with Crippen LogP contribution in [0.4, 0.5) is 0 Å². The van der Waals surface area contributed by atoms with E-state index in [1.807, 2.05) is 0 Å². The monoisotopic (exact) mass is 151 g/mol. The van der Waals surface area contributed by atoms with Crippen molar-refractivity contribution in [2.75, 3.05) is 0 Å². The average Bonchev–Trinajstić information content (AvgIpc) is 2.41. The van der Waals surface area contributed by atoms with Crippen molar-refractivity contribution >= 4 is 0 Å². The van der Waals surface area contributed by atoms with Crippen molar-refractivity contribution in [3.63, 3.8) is 0 Å². The van der Waals surface area contributed by atoms with E-state index in [9.17, 15) is 0 Å². The average molecular weight is 151 g/mol. The number of fused-ring (bicyclic) bond motifs is 1. The second-order valence-electron chi connectivity index (χ2n) is 4.21. The largest absolute Gasteiger partial charge is 0.324 e. The van der Waals surface area contributed by atoms with Crippen LogP contribution in [-0.2, 0) is 0 Å². The summed E-state index contributed by atoms with van der Waals surface area (Å²) in [6, 6.07) is 0.297. The number of hydrogen-bond acceptors (Lipinski definition) is 1. The summed E-state index contributed by atoms with van der Waals surface area (Å²) < 4.78 is 0. The number of nitrogens with two attached hydrogens (primary N) is 1. The minimum Gasteiger partial charge on any atom is -0.324 e. The Balaban J connectivity index is 1.95. The molecule has 11 heavy (non-hydrogen) atoms. The Bertz CT molecular complexity index is 175. The van der Waals surface area contributed by atoms with Gasteiger partial charge in [0.25, 0.3) is 0 Å². The van der Waals surface area contributed by atoms with Gasteiger partial charge in [-0.25, -0.2) is 0 Å². The molecule has 1 nitrogen and oxygen atoms in total. The van der Waals surface area contributed by atoms with Gasteiger partial charge >= 0.3 is 0 Å². The topological polar surface area (TPSA) is 26.0 Å². The van der Waals surface area contributed by atoms with Gasteiger partial charge in [0.2, 0.25) is 0 Å². The number of hydrogen-bond donors (Lipinski definition) is 1. The zero-order valence-corrected chi connectivity index (χ0v) is 7.22. The van der Waals surface area contributed by atoms with Gasteiger partial charge in [-0.1, -0.05) is 18.6 Å². The summed E-state index contributed by atoms with van der Waals surface area (Å²) in [5.41, 5.74) is 7.18. The molecule has 0 bridgehead atoms. The molecule has 0 aromatic carbocycles. The van der Waals surface area contributed by atoms with Crippen LogP contribution in [0.25, 0.3) is 0 Å². The first kappa shape index (κ1) is 7.35. The van der Waals surface area contributed by atoms with Crippen molar-refractivity contribution in [1.29, 1.82) is 0 Å². The normalized spacial score (nSPS) is 43.3. The Morgan fingerprint density at radius 2 is 2.00 bits per heavy atom. The lowest BCUT2D eigenvalue weighted by atomic mass is 10.00. The molecule has 62 valence electrons. The summed E-state index contributed by atoms with van der Waals surface area (Å²) in [4.78, 5) is 0. The smallest absolute Gasteiger partial charge is 0.0282 e. The van der Waals surface area contributed by atoms with Crippen LogP contribution in [0, 0.1) is 17.8 Å². The first-order valence-corrected chi connectivity index (χ1v) is 4.63. The summed E-state index contributed by atoms with van der Waals surface area (Å²) in [5.74, 6) is 2.75. The van der Waals surface area contributed by atoms with Crippen LogP contribution >= 0.6 is 0 Å². The van der Waals surface area contributed by atoms with E-state index in [2.05, 4.69) is 13.5 Å². The maximum Gasteiger partial charge on any atom is 0.0282 e. The third kappa shape index (κ3) is 1.02. The fourth-order valence-electron chi connectivity index (χ4n) is 2.74. The van der Waals surface area contributed by atoms with E-state index in [-0.39, 0.29) is 0 Å². The Kier molecular flexibility index (Phi) is 1.57. The second-order valence-corrected chi connectivity index (χ2v) is 4.21. The molecule has 2 aliphatic rings. The van der Waals surface area contributed by atoms with Crippen LogP contribution in [-0.4, -0.2) is 6.04 Å². The molecule has 1 heteroatoms. The van der Waals surface area contributed by atoms with E-state index in [4.69, 9.17) is 5.73 Å². The predicted molar refractivity (Wildman–Crippen MR) is 47.1 cm³/mol. The molecule has 0 heterocycles. The summed E-state index contributed by atoms with van der Waals surface area (Å²) in [6.07, 6.45) is 4.29. The zero-order valence-electron chi connectivity index (χ0n) is 7.22. The van der Waals surface area contributed by atoms with Crippen molar-refractivity contribution in [3.05, 3.63) is 12.2 Å². The van der Waals surface area contributed by atoms with E-state index in [1.54, 1.807) is 0 Å². The lowest BCUT2D eigenvalue weighted by Crippen LogP contribution is -2.25. The molecule has 2 rings (SSSR count). The highest BCUT2D eigenvalue weighted by molar-refractivity contribution is 5.15. The Morgan fingerprint density at radius 1 is 1.45 bits per heavy atom. The fourth-order valence-corrected chi connectivity index (χ4v) is 2.74. The fraction of sp³-hybridized carbons (Fsp3) is 0.800. The molecule has 0 aromatic heterocycles. The van der Waals surface area contributed by atoms with Crippen molar-refractivity contribution in [1.82, 2.24) is 0 Å². The molecule has 0 aromatic rings. The predicted octanol–water partition coefficient (Wildman–Crippen LogP) is 1.94. The maximum absolute atomic E-state index is 6.01.